The highest BCUT2D eigenvalue weighted by atomic mass is 19.1. The fourth-order valence-electron chi connectivity index (χ4n) is 6.00. The number of nitrogens with zero attached hydrogens (tertiary/aromatic N) is 2. The maximum absolute atomic E-state index is 13.0. The molecular formula is C34H42F2N2O. The fraction of sp³-hybridized carbons (Fsp3) is 0.441. The molecule has 0 bridgehead atoms. The molecule has 5 rings (SSSR count). The molecule has 2 unspecified atom stereocenters. The van der Waals surface area contributed by atoms with E-state index in [1.54, 1.807) is 30.3 Å². The molecule has 0 spiro atoms. The zero-order valence-electron chi connectivity index (χ0n) is 23.2. The van der Waals surface area contributed by atoms with Gasteiger partial charge >= 0.3 is 0 Å². The first kappa shape index (κ1) is 28.9. The Morgan fingerprint density at radius 1 is 0.795 bits per heavy atom. The quantitative estimate of drug-likeness (QED) is 0.298. The van der Waals surface area contributed by atoms with Crippen LogP contribution in [0.15, 0.2) is 84.9 Å². The van der Waals surface area contributed by atoms with Gasteiger partial charge in [-0.1, -0.05) is 55.0 Å². The average Bonchev–Trinajstić information content (AvgIpc) is 3.44. The number of rotatable bonds is 8. The van der Waals surface area contributed by atoms with Crippen molar-refractivity contribution < 1.29 is 13.6 Å². The number of hydrogen-bond acceptors (Lipinski definition) is 2. The Kier molecular flexibility index (Phi) is 11.1. The molecule has 3 aromatic carbocycles. The van der Waals surface area contributed by atoms with Crippen LogP contribution in [0.3, 0.4) is 0 Å². The van der Waals surface area contributed by atoms with Crippen molar-refractivity contribution in [1.82, 2.24) is 9.80 Å². The maximum atomic E-state index is 13.0. The number of piperidine rings is 1. The predicted molar refractivity (Wildman–Crippen MR) is 155 cm³/mol. The van der Waals surface area contributed by atoms with Gasteiger partial charge in [0.1, 0.15) is 11.6 Å². The molecule has 0 N–H and O–H groups in total. The smallest absolute Gasteiger partial charge is 0.253 e. The normalized spacial score (nSPS) is 19.8. The van der Waals surface area contributed by atoms with E-state index in [2.05, 4.69) is 4.90 Å². The van der Waals surface area contributed by atoms with Crippen LogP contribution in [-0.4, -0.2) is 48.4 Å². The lowest BCUT2D eigenvalue weighted by Crippen LogP contribution is -2.38. The van der Waals surface area contributed by atoms with Gasteiger partial charge in [0.05, 0.1) is 0 Å². The molecule has 1 saturated heterocycles. The molecule has 39 heavy (non-hydrogen) atoms. The number of carbonyl (C=O) groups excluding carboxylic acids is 1. The van der Waals surface area contributed by atoms with Gasteiger partial charge in [-0.2, -0.15) is 0 Å². The van der Waals surface area contributed by atoms with Crippen LogP contribution in [0.1, 0.15) is 60.9 Å². The predicted octanol–water partition coefficient (Wildman–Crippen LogP) is 7.63. The summed E-state index contributed by atoms with van der Waals surface area (Å²) in [6.45, 7) is 3.61. The van der Waals surface area contributed by atoms with Crippen LogP contribution in [0.25, 0.3) is 0 Å². The van der Waals surface area contributed by atoms with Crippen molar-refractivity contribution in [2.45, 2.75) is 57.4 Å². The summed E-state index contributed by atoms with van der Waals surface area (Å²) in [6, 6.07) is 24.9. The van der Waals surface area contributed by atoms with Gasteiger partial charge in [0.25, 0.3) is 5.91 Å². The first-order valence-electron chi connectivity index (χ1n) is 14.5. The number of halogens is 2. The summed E-state index contributed by atoms with van der Waals surface area (Å²) in [5.41, 5.74) is 2.04. The molecule has 1 heterocycles. The Morgan fingerprint density at radius 2 is 1.41 bits per heavy atom. The lowest BCUT2D eigenvalue weighted by Gasteiger charge is -2.34. The summed E-state index contributed by atoms with van der Waals surface area (Å²) in [7, 11) is 1.97. The number of carbonyl (C=O) groups is 1. The van der Waals surface area contributed by atoms with Crippen molar-refractivity contribution in [3.8, 4) is 0 Å². The molecule has 2 atom stereocenters. The van der Waals surface area contributed by atoms with E-state index in [4.69, 9.17) is 0 Å². The Hall–Kier alpha value is -3.05. The minimum absolute atomic E-state index is 0.149. The zero-order valence-corrected chi connectivity index (χ0v) is 23.2. The minimum atomic E-state index is -0.178. The van der Waals surface area contributed by atoms with Crippen molar-refractivity contribution in [1.29, 1.82) is 0 Å². The van der Waals surface area contributed by atoms with Gasteiger partial charge in [-0.3, -0.25) is 4.79 Å². The van der Waals surface area contributed by atoms with E-state index >= 15 is 0 Å². The molecule has 0 aromatic heterocycles. The Labute approximate surface area is 232 Å². The summed E-state index contributed by atoms with van der Waals surface area (Å²) in [6.07, 6.45) is 9.61. The largest absolute Gasteiger partial charge is 0.339 e. The number of aryl methyl sites for hydroxylation is 1. The van der Waals surface area contributed by atoms with Crippen molar-refractivity contribution in [2.75, 3.05) is 26.7 Å². The number of hydrogen-bond donors (Lipinski definition) is 0. The molecule has 1 saturated carbocycles. The molecule has 1 amide bonds. The zero-order chi connectivity index (χ0) is 27.5. The van der Waals surface area contributed by atoms with E-state index < -0.39 is 0 Å². The third-order valence-corrected chi connectivity index (χ3v) is 8.35. The third kappa shape index (κ3) is 9.28. The van der Waals surface area contributed by atoms with Gasteiger partial charge in [0.15, 0.2) is 0 Å². The molecule has 208 valence electrons. The third-order valence-electron chi connectivity index (χ3n) is 8.35. The molecule has 3 aromatic rings. The number of likely N-dealkylation sites (tertiary alicyclic amines) is 1. The van der Waals surface area contributed by atoms with Gasteiger partial charge in [0, 0.05) is 25.2 Å². The Morgan fingerprint density at radius 3 is 2.03 bits per heavy atom. The topological polar surface area (TPSA) is 23.6 Å². The summed E-state index contributed by atoms with van der Waals surface area (Å²) >= 11 is 0. The lowest BCUT2D eigenvalue weighted by atomic mass is 9.90. The lowest BCUT2D eigenvalue weighted by molar-refractivity contribution is 0.0728. The van der Waals surface area contributed by atoms with Crippen LogP contribution in [0.2, 0.25) is 0 Å². The van der Waals surface area contributed by atoms with Gasteiger partial charge in [-0.15, -0.1) is 0 Å². The first-order chi connectivity index (χ1) is 19.0. The number of benzene rings is 3. The van der Waals surface area contributed by atoms with E-state index in [1.807, 2.05) is 54.4 Å². The Bertz CT molecular complexity index is 1110. The monoisotopic (exact) mass is 532 g/mol. The highest BCUT2D eigenvalue weighted by molar-refractivity contribution is 5.94. The fourth-order valence-corrected chi connectivity index (χ4v) is 6.00. The van der Waals surface area contributed by atoms with Gasteiger partial charge in [0.2, 0.25) is 0 Å². The second kappa shape index (κ2) is 14.9. The minimum Gasteiger partial charge on any atom is -0.339 e. The van der Waals surface area contributed by atoms with E-state index in [0.29, 0.717) is 12.0 Å². The second-order valence-electron chi connectivity index (χ2n) is 11.2. The number of amides is 1. The molecule has 0 radical (unpaired) electrons. The van der Waals surface area contributed by atoms with Gasteiger partial charge in [-0.25, -0.2) is 8.78 Å². The van der Waals surface area contributed by atoms with Crippen molar-refractivity contribution in [2.24, 2.45) is 11.8 Å². The highest BCUT2D eigenvalue weighted by Crippen LogP contribution is 2.32. The molecule has 1 aliphatic carbocycles. The Balaban J connectivity index is 0.000000438. The molecular weight excluding hydrogens is 490 g/mol. The van der Waals surface area contributed by atoms with Crippen LogP contribution in [0.4, 0.5) is 8.78 Å². The summed E-state index contributed by atoms with van der Waals surface area (Å²) < 4.78 is 24.9. The summed E-state index contributed by atoms with van der Waals surface area (Å²) in [5.74, 6) is 1.36. The molecule has 2 aliphatic rings. The van der Waals surface area contributed by atoms with Crippen LogP contribution < -0.4 is 0 Å². The van der Waals surface area contributed by atoms with E-state index in [9.17, 15) is 13.6 Å². The van der Waals surface area contributed by atoms with E-state index in [1.165, 1.54) is 69.4 Å². The van der Waals surface area contributed by atoms with Crippen LogP contribution in [-0.2, 0) is 6.42 Å². The first-order valence-corrected chi connectivity index (χ1v) is 14.5. The second-order valence-corrected chi connectivity index (χ2v) is 11.2. The van der Waals surface area contributed by atoms with Gasteiger partial charge in [-0.05, 0) is 112 Å². The van der Waals surface area contributed by atoms with Crippen molar-refractivity contribution in [3.05, 3.63) is 108 Å². The van der Waals surface area contributed by atoms with Crippen molar-refractivity contribution in [3.63, 3.8) is 0 Å². The standard InChI is InChI=1S/C28H37FN2O.C6H5F/c1-30(28(32)25-8-3-2-4-9-25)27-15-12-24(20-27)21-31-18-16-23(17-19-31)7-5-6-22-10-13-26(29)14-11-22;7-6-4-2-1-3-5-6/h2-4,8-11,13-14,23-24,27H,5-7,12,15-21H2,1H3;1-5H. The van der Waals surface area contributed by atoms with Crippen LogP contribution >= 0.6 is 0 Å². The van der Waals surface area contributed by atoms with Crippen LogP contribution in [0.5, 0.6) is 0 Å². The molecule has 1 aliphatic heterocycles. The van der Waals surface area contributed by atoms with Crippen molar-refractivity contribution >= 4 is 5.91 Å². The molecule has 2 fully saturated rings. The summed E-state index contributed by atoms with van der Waals surface area (Å²) in [4.78, 5) is 17.4. The highest BCUT2D eigenvalue weighted by Gasteiger charge is 2.32. The SMILES string of the molecule is CN(C(=O)c1ccccc1)C1CCC(CN2CCC(CCCc3ccc(F)cc3)CC2)C1.Fc1ccccc1. The van der Waals surface area contributed by atoms with E-state index in [-0.39, 0.29) is 17.5 Å². The molecule has 3 nitrogen and oxygen atoms in total. The molecule has 5 heteroatoms. The van der Waals surface area contributed by atoms with Crippen LogP contribution in [0, 0.1) is 23.5 Å². The average molecular weight is 533 g/mol. The van der Waals surface area contributed by atoms with E-state index in [0.717, 1.165) is 30.7 Å². The maximum Gasteiger partial charge on any atom is 0.253 e. The summed E-state index contributed by atoms with van der Waals surface area (Å²) in [5, 5.41) is 0. The van der Waals surface area contributed by atoms with Gasteiger partial charge < -0.3 is 9.80 Å².